The normalized spacial score (nSPS) is 21.1. The molecule has 1 atom stereocenters. The Morgan fingerprint density at radius 1 is 1.33 bits per heavy atom. The Hall–Kier alpha value is -1.27. The third-order valence-electron chi connectivity index (χ3n) is 3.01. The van der Waals surface area contributed by atoms with Crippen LogP contribution in [0.3, 0.4) is 0 Å². The minimum atomic E-state index is -0.0825. The number of nitrogens with two attached hydrogens (primary N) is 1. The van der Waals surface area contributed by atoms with E-state index in [1.165, 1.54) is 0 Å². The van der Waals surface area contributed by atoms with Gasteiger partial charge in [0, 0.05) is 19.5 Å². The number of aromatic nitrogens is 3. The summed E-state index contributed by atoms with van der Waals surface area (Å²) in [5.41, 5.74) is 5.70. The molecule has 0 amide bonds. The summed E-state index contributed by atoms with van der Waals surface area (Å²) in [5.74, 6) is 1.68. The van der Waals surface area contributed by atoms with E-state index in [-0.39, 0.29) is 12.1 Å². The van der Waals surface area contributed by atoms with Crippen LogP contribution in [0.1, 0.15) is 38.0 Å². The first-order valence-corrected chi connectivity index (χ1v) is 6.57. The Morgan fingerprint density at radius 3 is 2.89 bits per heavy atom. The predicted octanol–water partition coefficient (Wildman–Crippen LogP) is 0.799. The van der Waals surface area contributed by atoms with Crippen LogP contribution in [0.4, 0.5) is 5.95 Å². The summed E-state index contributed by atoms with van der Waals surface area (Å²) in [5, 5.41) is 0. The van der Waals surface area contributed by atoms with Crippen LogP contribution in [0.5, 0.6) is 0 Å². The van der Waals surface area contributed by atoms with Gasteiger partial charge in [-0.2, -0.15) is 9.97 Å². The van der Waals surface area contributed by atoms with Gasteiger partial charge in [-0.3, -0.25) is 4.90 Å². The van der Waals surface area contributed by atoms with Crippen LogP contribution in [0.15, 0.2) is 0 Å². The molecule has 2 heterocycles. The summed E-state index contributed by atoms with van der Waals surface area (Å²) in [6.45, 7) is 7.80. The highest BCUT2D eigenvalue weighted by Gasteiger charge is 2.24. The summed E-state index contributed by atoms with van der Waals surface area (Å²) in [4.78, 5) is 15.1. The van der Waals surface area contributed by atoms with Gasteiger partial charge in [0.25, 0.3) is 0 Å². The predicted molar refractivity (Wildman–Crippen MR) is 69.0 cm³/mol. The van der Waals surface area contributed by atoms with Crippen LogP contribution in [0, 0.1) is 0 Å². The molecule has 18 heavy (non-hydrogen) atoms. The molecular formula is C12H21N5O. The van der Waals surface area contributed by atoms with Crippen molar-refractivity contribution < 1.29 is 4.74 Å². The van der Waals surface area contributed by atoms with Gasteiger partial charge in [0.2, 0.25) is 5.95 Å². The van der Waals surface area contributed by atoms with Crippen LogP contribution in [-0.4, -0.2) is 46.1 Å². The van der Waals surface area contributed by atoms with Crippen LogP contribution < -0.4 is 5.73 Å². The van der Waals surface area contributed by atoms with Crippen molar-refractivity contribution in [1.29, 1.82) is 0 Å². The SMILES string of the molecule is CCCN1CCOC(c2nc(N)nc(CC)n2)C1. The second-order valence-corrected chi connectivity index (χ2v) is 4.48. The van der Waals surface area contributed by atoms with Crippen molar-refractivity contribution in [2.45, 2.75) is 32.8 Å². The highest BCUT2D eigenvalue weighted by atomic mass is 16.5. The molecule has 0 radical (unpaired) electrons. The molecule has 0 aliphatic carbocycles. The molecule has 100 valence electrons. The molecule has 2 N–H and O–H groups in total. The van der Waals surface area contributed by atoms with Gasteiger partial charge < -0.3 is 10.5 Å². The molecule has 6 heteroatoms. The summed E-state index contributed by atoms with van der Waals surface area (Å²) in [6, 6.07) is 0. The van der Waals surface area contributed by atoms with Crippen molar-refractivity contribution >= 4 is 5.95 Å². The number of hydrogen-bond acceptors (Lipinski definition) is 6. The van der Waals surface area contributed by atoms with E-state index in [9.17, 15) is 0 Å². The van der Waals surface area contributed by atoms with Crippen molar-refractivity contribution in [1.82, 2.24) is 19.9 Å². The smallest absolute Gasteiger partial charge is 0.223 e. The van der Waals surface area contributed by atoms with E-state index in [0.29, 0.717) is 5.82 Å². The Labute approximate surface area is 108 Å². The monoisotopic (exact) mass is 251 g/mol. The molecule has 0 spiro atoms. The highest BCUT2D eigenvalue weighted by molar-refractivity contribution is 5.17. The summed E-state index contributed by atoms with van der Waals surface area (Å²) < 4.78 is 5.75. The molecule has 6 nitrogen and oxygen atoms in total. The Morgan fingerprint density at radius 2 is 2.17 bits per heavy atom. The molecule has 0 aromatic carbocycles. The van der Waals surface area contributed by atoms with Gasteiger partial charge in [0.05, 0.1) is 6.61 Å². The van der Waals surface area contributed by atoms with Crippen LogP contribution in [0.2, 0.25) is 0 Å². The summed E-state index contributed by atoms with van der Waals surface area (Å²) in [7, 11) is 0. The van der Waals surface area contributed by atoms with E-state index in [2.05, 4.69) is 26.8 Å². The van der Waals surface area contributed by atoms with Crippen LogP contribution >= 0.6 is 0 Å². The lowest BCUT2D eigenvalue weighted by molar-refractivity contribution is -0.0343. The third kappa shape index (κ3) is 3.14. The van der Waals surface area contributed by atoms with Gasteiger partial charge in [-0.05, 0) is 13.0 Å². The maximum atomic E-state index is 5.75. The van der Waals surface area contributed by atoms with E-state index < -0.39 is 0 Å². The molecule has 1 fully saturated rings. The lowest BCUT2D eigenvalue weighted by Crippen LogP contribution is -2.39. The van der Waals surface area contributed by atoms with E-state index in [1.54, 1.807) is 0 Å². The Balaban J connectivity index is 2.12. The van der Waals surface area contributed by atoms with E-state index in [0.717, 1.165) is 44.9 Å². The average Bonchev–Trinajstić information content (AvgIpc) is 2.39. The van der Waals surface area contributed by atoms with Gasteiger partial charge in [0.15, 0.2) is 5.82 Å². The standard InChI is InChI=1S/C12H21N5O/c1-3-5-17-6-7-18-9(8-17)11-14-10(4-2)15-12(13)16-11/h9H,3-8H2,1-2H3,(H2,13,14,15,16). The molecule has 0 bridgehead atoms. The molecular weight excluding hydrogens is 230 g/mol. The second kappa shape index (κ2) is 6.06. The topological polar surface area (TPSA) is 77.2 Å². The fourth-order valence-electron chi connectivity index (χ4n) is 2.14. The minimum Gasteiger partial charge on any atom is -0.368 e. The number of morpholine rings is 1. The number of hydrogen-bond donors (Lipinski definition) is 1. The fraction of sp³-hybridized carbons (Fsp3) is 0.750. The van der Waals surface area contributed by atoms with E-state index in [1.807, 2.05) is 6.92 Å². The van der Waals surface area contributed by atoms with Gasteiger partial charge in [-0.25, -0.2) is 4.98 Å². The maximum Gasteiger partial charge on any atom is 0.223 e. The van der Waals surface area contributed by atoms with Crippen LogP contribution in [0.25, 0.3) is 0 Å². The van der Waals surface area contributed by atoms with E-state index in [4.69, 9.17) is 10.5 Å². The Bertz CT molecular complexity index is 396. The summed E-state index contributed by atoms with van der Waals surface area (Å²) in [6.07, 6.45) is 1.82. The van der Waals surface area contributed by atoms with Crippen molar-refractivity contribution in [3.05, 3.63) is 11.6 Å². The number of nitrogen functional groups attached to an aromatic ring is 1. The summed E-state index contributed by atoms with van der Waals surface area (Å²) >= 11 is 0. The zero-order valence-corrected chi connectivity index (χ0v) is 11.1. The zero-order chi connectivity index (χ0) is 13.0. The number of aryl methyl sites for hydroxylation is 1. The van der Waals surface area contributed by atoms with E-state index >= 15 is 0 Å². The zero-order valence-electron chi connectivity index (χ0n) is 11.1. The molecule has 1 aliphatic heterocycles. The minimum absolute atomic E-state index is 0.0825. The van der Waals surface area contributed by atoms with Gasteiger partial charge in [-0.1, -0.05) is 13.8 Å². The van der Waals surface area contributed by atoms with Crippen molar-refractivity contribution in [2.24, 2.45) is 0 Å². The molecule has 1 aliphatic rings. The lowest BCUT2D eigenvalue weighted by atomic mass is 10.2. The Kier molecular flexibility index (Phi) is 4.43. The first-order chi connectivity index (χ1) is 8.72. The van der Waals surface area contributed by atoms with Gasteiger partial charge in [0.1, 0.15) is 11.9 Å². The van der Waals surface area contributed by atoms with Gasteiger partial charge >= 0.3 is 0 Å². The molecule has 2 rings (SSSR count). The highest BCUT2D eigenvalue weighted by Crippen LogP contribution is 2.19. The molecule has 0 saturated carbocycles. The van der Waals surface area contributed by atoms with Crippen LogP contribution in [-0.2, 0) is 11.2 Å². The van der Waals surface area contributed by atoms with Crippen molar-refractivity contribution in [3.8, 4) is 0 Å². The first kappa shape index (κ1) is 13.2. The fourth-order valence-corrected chi connectivity index (χ4v) is 2.14. The quantitative estimate of drug-likeness (QED) is 0.853. The largest absolute Gasteiger partial charge is 0.368 e. The number of rotatable bonds is 4. The van der Waals surface area contributed by atoms with Gasteiger partial charge in [-0.15, -0.1) is 0 Å². The third-order valence-corrected chi connectivity index (χ3v) is 3.01. The maximum absolute atomic E-state index is 5.75. The number of anilines is 1. The average molecular weight is 251 g/mol. The second-order valence-electron chi connectivity index (χ2n) is 4.48. The molecule has 1 unspecified atom stereocenters. The first-order valence-electron chi connectivity index (χ1n) is 6.57. The molecule has 1 aromatic rings. The number of ether oxygens (including phenoxy) is 1. The lowest BCUT2D eigenvalue weighted by Gasteiger charge is -2.31. The van der Waals surface area contributed by atoms with Crippen molar-refractivity contribution in [3.63, 3.8) is 0 Å². The molecule has 1 saturated heterocycles. The van der Waals surface area contributed by atoms with Crippen molar-refractivity contribution in [2.75, 3.05) is 32.0 Å². The molecule has 1 aromatic heterocycles. The number of nitrogens with zero attached hydrogens (tertiary/aromatic N) is 4.